The molecule has 1 fully saturated rings. The standard InChI is InChI=1S/C9H15N3O/c1-2-4-11-9(13)7-12-5-3-8(10)6-12/h1,8H,3-7,10H2,(H,11,13). The van der Waals surface area contributed by atoms with Crippen LogP contribution in [0.5, 0.6) is 0 Å². The molecule has 0 aliphatic carbocycles. The van der Waals surface area contributed by atoms with E-state index in [1.807, 2.05) is 4.90 Å². The van der Waals surface area contributed by atoms with E-state index in [0.29, 0.717) is 13.1 Å². The van der Waals surface area contributed by atoms with Crippen LogP contribution in [0.3, 0.4) is 0 Å². The van der Waals surface area contributed by atoms with Gasteiger partial charge >= 0.3 is 0 Å². The van der Waals surface area contributed by atoms with Crippen molar-refractivity contribution >= 4 is 5.91 Å². The molecule has 1 heterocycles. The van der Waals surface area contributed by atoms with Crippen molar-refractivity contribution in [3.8, 4) is 12.3 Å². The van der Waals surface area contributed by atoms with Crippen molar-refractivity contribution in [2.24, 2.45) is 5.73 Å². The highest BCUT2D eigenvalue weighted by Crippen LogP contribution is 2.05. The zero-order valence-electron chi connectivity index (χ0n) is 7.62. The minimum absolute atomic E-state index is 0.0212. The van der Waals surface area contributed by atoms with Gasteiger partial charge in [-0.05, 0) is 6.42 Å². The monoisotopic (exact) mass is 181 g/mol. The Morgan fingerprint density at radius 1 is 1.77 bits per heavy atom. The maximum Gasteiger partial charge on any atom is 0.234 e. The molecule has 4 heteroatoms. The summed E-state index contributed by atoms with van der Waals surface area (Å²) in [5, 5.41) is 2.62. The molecule has 72 valence electrons. The normalized spacial score (nSPS) is 22.6. The van der Waals surface area contributed by atoms with Crippen LogP contribution in [0.1, 0.15) is 6.42 Å². The van der Waals surface area contributed by atoms with Gasteiger partial charge in [0.05, 0.1) is 13.1 Å². The fraction of sp³-hybridized carbons (Fsp3) is 0.667. The van der Waals surface area contributed by atoms with Gasteiger partial charge in [0.1, 0.15) is 0 Å². The lowest BCUT2D eigenvalue weighted by Gasteiger charge is -2.13. The zero-order valence-corrected chi connectivity index (χ0v) is 7.62. The predicted octanol–water partition coefficient (Wildman–Crippen LogP) is -1.23. The minimum atomic E-state index is -0.0212. The van der Waals surface area contributed by atoms with E-state index >= 15 is 0 Å². The van der Waals surface area contributed by atoms with Crippen molar-refractivity contribution in [3.05, 3.63) is 0 Å². The Labute approximate surface area is 78.5 Å². The Bertz CT molecular complexity index is 221. The van der Waals surface area contributed by atoms with Gasteiger partial charge in [0.2, 0.25) is 5.91 Å². The molecule has 0 spiro atoms. The molecule has 0 saturated carbocycles. The van der Waals surface area contributed by atoms with Crippen molar-refractivity contribution in [2.75, 3.05) is 26.2 Å². The molecule has 0 bridgehead atoms. The van der Waals surface area contributed by atoms with E-state index in [-0.39, 0.29) is 11.9 Å². The van der Waals surface area contributed by atoms with E-state index in [2.05, 4.69) is 11.2 Å². The molecule has 1 atom stereocenters. The van der Waals surface area contributed by atoms with Gasteiger partial charge in [0, 0.05) is 19.1 Å². The van der Waals surface area contributed by atoms with E-state index in [4.69, 9.17) is 12.2 Å². The van der Waals surface area contributed by atoms with Crippen LogP contribution in [0.4, 0.5) is 0 Å². The van der Waals surface area contributed by atoms with Crippen LogP contribution in [-0.4, -0.2) is 43.0 Å². The first kappa shape index (κ1) is 10.0. The van der Waals surface area contributed by atoms with Crippen LogP contribution in [-0.2, 0) is 4.79 Å². The summed E-state index contributed by atoms with van der Waals surface area (Å²) >= 11 is 0. The molecule has 0 aromatic carbocycles. The third kappa shape index (κ3) is 3.45. The average molecular weight is 181 g/mol. The lowest BCUT2D eigenvalue weighted by Crippen LogP contribution is -2.37. The first-order valence-electron chi connectivity index (χ1n) is 4.40. The predicted molar refractivity (Wildman–Crippen MR) is 50.9 cm³/mol. The number of likely N-dealkylation sites (tertiary alicyclic amines) is 1. The van der Waals surface area contributed by atoms with Crippen molar-refractivity contribution in [1.29, 1.82) is 0 Å². The minimum Gasteiger partial charge on any atom is -0.344 e. The van der Waals surface area contributed by atoms with Crippen LogP contribution >= 0.6 is 0 Å². The number of rotatable bonds is 3. The summed E-state index contributed by atoms with van der Waals surface area (Å²) < 4.78 is 0. The molecular formula is C9H15N3O. The summed E-state index contributed by atoms with van der Waals surface area (Å²) in [5.74, 6) is 2.34. The Balaban J connectivity index is 2.18. The molecule has 1 saturated heterocycles. The van der Waals surface area contributed by atoms with Gasteiger partial charge < -0.3 is 11.1 Å². The molecule has 1 unspecified atom stereocenters. The number of hydrogen-bond donors (Lipinski definition) is 2. The molecule has 1 aliphatic heterocycles. The highest BCUT2D eigenvalue weighted by Gasteiger charge is 2.20. The lowest BCUT2D eigenvalue weighted by molar-refractivity contribution is -0.121. The van der Waals surface area contributed by atoms with Gasteiger partial charge in [-0.1, -0.05) is 5.92 Å². The van der Waals surface area contributed by atoms with Crippen LogP contribution in [0.25, 0.3) is 0 Å². The van der Waals surface area contributed by atoms with Gasteiger partial charge in [-0.2, -0.15) is 0 Å². The third-order valence-corrected chi connectivity index (χ3v) is 2.06. The number of hydrogen-bond acceptors (Lipinski definition) is 3. The molecule has 3 N–H and O–H groups in total. The van der Waals surface area contributed by atoms with E-state index in [0.717, 1.165) is 19.5 Å². The van der Waals surface area contributed by atoms with Gasteiger partial charge in [0.25, 0.3) is 0 Å². The second-order valence-electron chi connectivity index (χ2n) is 3.26. The molecule has 1 rings (SSSR count). The molecule has 13 heavy (non-hydrogen) atoms. The Morgan fingerprint density at radius 2 is 2.54 bits per heavy atom. The highest BCUT2D eigenvalue weighted by atomic mass is 16.2. The fourth-order valence-electron chi connectivity index (χ4n) is 1.41. The maximum atomic E-state index is 11.2. The second-order valence-corrected chi connectivity index (χ2v) is 3.26. The molecule has 0 aromatic rings. The maximum absolute atomic E-state index is 11.2. The van der Waals surface area contributed by atoms with Gasteiger partial charge in [0.15, 0.2) is 0 Å². The smallest absolute Gasteiger partial charge is 0.234 e. The van der Waals surface area contributed by atoms with Crippen LogP contribution in [0.2, 0.25) is 0 Å². The average Bonchev–Trinajstić information content (AvgIpc) is 2.48. The Kier molecular flexibility index (Phi) is 3.74. The zero-order chi connectivity index (χ0) is 9.68. The SMILES string of the molecule is C#CCNC(=O)CN1CCC(N)C1. The summed E-state index contributed by atoms with van der Waals surface area (Å²) in [6.07, 6.45) is 5.98. The summed E-state index contributed by atoms with van der Waals surface area (Å²) in [7, 11) is 0. The molecule has 1 amide bonds. The summed E-state index contributed by atoms with van der Waals surface area (Å²) in [4.78, 5) is 13.2. The van der Waals surface area contributed by atoms with E-state index < -0.39 is 0 Å². The number of terminal acetylenes is 1. The van der Waals surface area contributed by atoms with Gasteiger partial charge in [-0.3, -0.25) is 9.69 Å². The molecule has 0 aromatic heterocycles. The number of nitrogens with zero attached hydrogens (tertiary/aromatic N) is 1. The molecule has 1 aliphatic rings. The van der Waals surface area contributed by atoms with Crippen LogP contribution in [0.15, 0.2) is 0 Å². The van der Waals surface area contributed by atoms with Crippen molar-refractivity contribution in [1.82, 2.24) is 10.2 Å². The summed E-state index contributed by atoms with van der Waals surface area (Å²) in [5.41, 5.74) is 5.70. The van der Waals surface area contributed by atoms with Crippen molar-refractivity contribution in [2.45, 2.75) is 12.5 Å². The third-order valence-electron chi connectivity index (χ3n) is 2.06. The van der Waals surface area contributed by atoms with Gasteiger partial charge in [-0.25, -0.2) is 0 Å². The van der Waals surface area contributed by atoms with Crippen molar-refractivity contribution < 1.29 is 4.79 Å². The van der Waals surface area contributed by atoms with Crippen molar-refractivity contribution in [3.63, 3.8) is 0 Å². The lowest BCUT2D eigenvalue weighted by atomic mass is 10.3. The van der Waals surface area contributed by atoms with Crippen LogP contribution in [0, 0.1) is 12.3 Å². The van der Waals surface area contributed by atoms with E-state index in [1.165, 1.54) is 0 Å². The Morgan fingerprint density at radius 3 is 3.08 bits per heavy atom. The molecule has 0 radical (unpaired) electrons. The van der Waals surface area contributed by atoms with Crippen LogP contribution < -0.4 is 11.1 Å². The summed E-state index contributed by atoms with van der Waals surface area (Å²) in [6.45, 7) is 2.43. The van der Waals surface area contributed by atoms with Gasteiger partial charge in [-0.15, -0.1) is 6.42 Å². The van der Waals surface area contributed by atoms with E-state index in [9.17, 15) is 4.79 Å². The number of nitrogens with two attached hydrogens (primary N) is 1. The first-order chi connectivity index (χ1) is 6.22. The quantitative estimate of drug-likeness (QED) is 0.536. The fourth-order valence-corrected chi connectivity index (χ4v) is 1.41. The van der Waals surface area contributed by atoms with E-state index in [1.54, 1.807) is 0 Å². The largest absolute Gasteiger partial charge is 0.344 e. The number of amides is 1. The molecule has 4 nitrogen and oxygen atoms in total. The molecular weight excluding hydrogens is 166 g/mol. The number of carbonyl (C=O) groups excluding carboxylic acids is 1. The summed E-state index contributed by atoms with van der Waals surface area (Å²) in [6, 6.07) is 0.223. The second kappa shape index (κ2) is 4.85. The first-order valence-corrected chi connectivity index (χ1v) is 4.40. The number of carbonyl (C=O) groups is 1. The Hall–Kier alpha value is -1.05. The number of nitrogens with one attached hydrogen (secondary N) is 1. The topological polar surface area (TPSA) is 58.4 Å². The highest BCUT2D eigenvalue weighted by molar-refractivity contribution is 5.78.